The minimum Gasteiger partial charge on any atom is -0.505 e. The van der Waals surface area contributed by atoms with Gasteiger partial charge in [-0.15, -0.1) is 0 Å². The Hall–Kier alpha value is -3.06. The number of nitrogens with one attached hydrogen (secondary N) is 2. The number of anilines is 2. The average molecular weight is 398 g/mol. The lowest BCUT2D eigenvalue weighted by Gasteiger charge is -2.17. The summed E-state index contributed by atoms with van der Waals surface area (Å²) in [6.45, 7) is 6.74. The van der Waals surface area contributed by atoms with Crippen molar-refractivity contribution < 1.29 is 18.3 Å². The highest BCUT2D eigenvalue weighted by atomic mass is 32.2. The van der Waals surface area contributed by atoms with Gasteiger partial charge in [-0.3, -0.25) is 9.52 Å². The summed E-state index contributed by atoms with van der Waals surface area (Å²) in [6.07, 6.45) is 0. The van der Waals surface area contributed by atoms with E-state index in [-0.39, 0.29) is 27.9 Å². The van der Waals surface area contributed by atoms with Crippen molar-refractivity contribution in [2.45, 2.75) is 32.6 Å². The lowest BCUT2D eigenvalue weighted by molar-refractivity contribution is -0.114. The Bertz CT molecular complexity index is 1180. The van der Waals surface area contributed by atoms with Crippen LogP contribution < -0.4 is 10.0 Å². The molecular formula is C21H22N2O4S. The molecule has 0 fully saturated rings. The predicted molar refractivity (Wildman–Crippen MR) is 111 cm³/mol. The highest BCUT2D eigenvalue weighted by Crippen LogP contribution is 2.39. The van der Waals surface area contributed by atoms with Gasteiger partial charge in [-0.1, -0.05) is 42.0 Å². The van der Waals surface area contributed by atoms with E-state index in [1.165, 1.54) is 13.0 Å². The Morgan fingerprint density at radius 3 is 2.07 bits per heavy atom. The van der Waals surface area contributed by atoms with Crippen LogP contribution in [0.15, 0.2) is 47.4 Å². The van der Waals surface area contributed by atoms with Crippen molar-refractivity contribution in [3.8, 4) is 5.75 Å². The van der Waals surface area contributed by atoms with Gasteiger partial charge in [-0.2, -0.15) is 0 Å². The molecule has 7 heteroatoms. The van der Waals surface area contributed by atoms with Crippen LogP contribution in [0, 0.1) is 20.8 Å². The molecule has 0 atom stereocenters. The van der Waals surface area contributed by atoms with Crippen molar-refractivity contribution in [3.63, 3.8) is 0 Å². The second-order valence-electron chi connectivity index (χ2n) is 6.88. The minimum absolute atomic E-state index is 0.114. The van der Waals surface area contributed by atoms with Gasteiger partial charge in [0, 0.05) is 17.7 Å². The van der Waals surface area contributed by atoms with Gasteiger partial charge in [0.1, 0.15) is 5.75 Å². The van der Waals surface area contributed by atoms with Gasteiger partial charge < -0.3 is 10.4 Å². The van der Waals surface area contributed by atoms with Gasteiger partial charge in [0.15, 0.2) is 0 Å². The Morgan fingerprint density at radius 2 is 1.50 bits per heavy atom. The third kappa shape index (κ3) is 3.66. The molecule has 0 bridgehead atoms. The smallest absolute Gasteiger partial charge is 0.262 e. The number of aromatic hydroxyl groups is 1. The molecule has 28 heavy (non-hydrogen) atoms. The van der Waals surface area contributed by atoms with E-state index in [9.17, 15) is 18.3 Å². The van der Waals surface area contributed by atoms with Crippen molar-refractivity contribution in [2.75, 3.05) is 10.0 Å². The summed E-state index contributed by atoms with van der Waals surface area (Å²) in [5.41, 5.74) is 2.69. The fraction of sp³-hybridized carbons (Fsp3) is 0.190. The van der Waals surface area contributed by atoms with Crippen LogP contribution in [0.2, 0.25) is 0 Å². The van der Waals surface area contributed by atoms with E-state index >= 15 is 0 Å². The SMILES string of the molecule is CC(=O)Nc1cc(NS(=O)(=O)c2c(C)cc(C)cc2C)c2ccccc2c1O. The minimum atomic E-state index is -3.89. The van der Waals surface area contributed by atoms with Crippen molar-refractivity contribution in [3.05, 3.63) is 59.2 Å². The average Bonchev–Trinajstić information content (AvgIpc) is 2.57. The van der Waals surface area contributed by atoms with E-state index in [4.69, 9.17) is 0 Å². The van der Waals surface area contributed by atoms with Crippen molar-refractivity contribution >= 4 is 38.1 Å². The topological polar surface area (TPSA) is 95.5 Å². The number of amides is 1. The number of hydrogen-bond donors (Lipinski definition) is 3. The monoisotopic (exact) mass is 398 g/mol. The Morgan fingerprint density at radius 1 is 0.929 bits per heavy atom. The molecule has 0 aliphatic heterocycles. The van der Waals surface area contributed by atoms with Crippen LogP contribution >= 0.6 is 0 Å². The fourth-order valence-electron chi connectivity index (χ4n) is 3.52. The van der Waals surface area contributed by atoms with Gasteiger partial charge in [-0.05, 0) is 38.0 Å². The first-order valence-electron chi connectivity index (χ1n) is 8.73. The van der Waals surface area contributed by atoms with Crippen LogP contribution in [0.4, 0.5) is 11.4 Å². The first kappa shape index (κ1) is 19.7. The summed E-state index contributed by atoms with van der Waals surface area (Å²) >= 11 is 0. The zero-order valence-electron chi connectivity index (χ0n) is 16.1. The van der Waals surface area contributed by atoms with E-state index in [1.54, 1.807) is 38.1 Å². The maximum Gasteiger partial charge on any atom is 0.262 e. The third-order valence-electron chi connectivity index (χ3n) is 4.44. The second-order valence-corrected chi connectivity index (χ2v) is 8.50. The molecule has 0 spiro atoms. The summed E-state index contributed by atoms with van der Waals surface area (Å²) in [4.78, 5) is 11.7. The normalized spacial score (nSPS) is 11.4. The molecule has 0 unspecified atom stereocenters. The number of sulfonamides is 1. The van der Waals surface area contributed by atoms with E-state index in [2.05, 4.69) is 10.0 Å². The highest BCUT2D eigenvalue weighted by molar-refractivity contribution is 7.92. The molecule has 3 rings (SSSR count). The molecular weight excluding hydrogens is 376 g/mol. The van der Waals surface area contributed by atoms with Crippen LogP contribution in [-0.2, 0) is 14.8 Å². The largest absolute Gasteiger partial charge is 0.505 e. The molecule has 0 saturated heterocycles. The molecule has 0 aromatic heterocycles. The van der Waals surface area contributed by atoms with Crippen LogP contribution in [0.3, 0.4) is 0 Å². The molecule has 0 heterocycles. The number of phenolic OH excluding ortho intramolecular Hbond substituents is 1. The maximum atomic E-state index is 13.2. The Labute approximate surface area is 164 Å². The first-order chi connectivity index (χ1) is 13.1. The first-order valence-corrected chi connectivity index (χ1v) is 10.2. The van der Waals surface area contributed by atoms with E-state index < -0.39 is 10.0 Å². The van der Waals surface area contributed by atoms with Crippen LogP contribution in [0.5, 0.6) is 5.75 Å². The quantitative estimate of drug-likeness (QED) is 0.453. The lowest BCUT2D eigenvalue weighted by Crippen LogP contribution is -2.16. The number of carbonyl (C=O) groups excluding carboxylic acids is 1. The third-order valence-corrected chi connectivity index (χ3v) is 6.11. The van der Waals surface area contributed by atoms with Gasteiger partial charge in [-0.25, -0.2) is 8.42 Å². The van der Waals surface area contributed by atoms with E-state index in [0.29, 0.717) is 21.9 Å². The lowest BCUT2D eigenvalue weighted by atomic mass is 10.1. The van der Waals surface area contributed by atoms with Crippen molar-refractivity contribution in [1.29, 1.82) is 0 Å². The molecule has 146 valence electrons. The molecule has 1 amide bonds. The second kappa shape index (κ2) is 7.16. The molecule has 0 aliphatic carbocycles. The number of aryl methyl sites for hydroxylation is 3. The number of carbonyl (C=O) groups is 1. The number of rotatable bonds is 4. The van der Waals surface area contributed by atoms with Gasteiger partial charge in [0.2, 0.25) is 5.91 Å². The number of fused-ring (bicyclic) bond motifs is 1. The number of hydrogen-bond acceptors (Lipinski definition) is 4. The fourth-order valence-corrected chi connectivity index (χ4v) is 5.04. The number of benzene rings is 3. The molecule has 0 saturated carbocycles. The summed E-state index contributed by atoms with van der Waals surface area (Å²) in [7, 11) is -3.89. The van der Waals surface area contributed by atoms with Crippen molar-refractivity contribution in [1.82, 2.24) is 0 Å². The van der Waals surface area contributed by atoms with Gasteiger partial charge >= 0.3 is 0 Å². The van der Waals surface area contributed by atoms with Crippen LogP contribution in [0.25, 0.3) is 10.8 Å². The highest BCUT2D eigenvalue weighted by Gasteiger charge is 2.22. The predicted octanol–water partition coefficient (Wildman–Crippen LogP) is 4.23. The summed E-state index contributed by atoms with van der Waals surface area (Å²) in [5, 5.41) is 14.0. The summed E-state index contributed by atoms with van der Waals surface area (Å²) in [5.74, 6) is -0.485. The molecule has 3 aromatic rings. The standard InChI is InChI=1S/C21H22N2O4S/c1-12-9-13(2)21(14(3)10-12)28(26,27)23-18-11-19(22-15(4)24)20(25)17-8-6-5-7-16(17)18/h5-11,23,25H,1-4H3,(H,22,24). The van der Waals surface area contributed by atoms with E-state index in [1.807, 2.05) is 19.1 Å². The van der Waals surface area contributed by atoms with Crippen molar-refractivity contribution in [2.24, 2.45) is 0 Å². The van der Waals surface area contributed by atoms with Gasteiger partial charge in [0.25, 0.3) is 10.0 Å². The molecule has 6 nitrogen and oxygen atoms in total. The summed E-state index contributed by atoms with van der Waals surface area (Å²) in [6, 6.07) is 11.9. The van der Waals surface area contributed by atoms with E-state index in [0.717, 1.165) is 5.56 Å². The zero-order chi connectivity index (χ0) is 20.6. The van der Waals surface area contributed by atoms with Crippen LogP contribution in [0.1, 0.15) is 23.6 Å². The molecule has 3 N–H and O–H groups in total. The van der Waals surface area contributed by atoms with Gasteiger partial charge in [0.05, 0.1) is 16.3 Å². The number of phenols is 1. The maximum absolute atomic E-state index is 13.2. The molecule has 3 aromatic carbocycles. The van der Waals surface area contributed by atoms with Crippen LogP contribution in [-0.4, -0.2) is 19.4 Å². The summed E-state index contributed by atoms with van der Waals surface area (Å²) < 4.78 is 28.9. The molecule has 0 radical (unpaired) electrons. The zero-order valence-corrected chi connectivity index (χ0v) is 16.9. The Balaban J connectivity index is 2.19. The molecule has 0 aliphatic rings. The Kier molecular flexibility index (Phi) is 5.04.